The smallest absolute Gasteiger partial charge is 0.106 e. The van der Waals surface area contributed by atoms with Crippen LogP contribution in [-0.2, 0) is 0 Å². The second kappa shape index (κ2) is 2.86. The minimum absolute atomic E-state index is 0.110. The highest BCUT2D eigenvalue weighted by molar-refractivity contribution is 4.84. The van der Waals surface area contributed by atoms with E-state index in [4.69, 9.17) is 10.2 Å². The van der Waals surface area contributed by atoms with E-state index in [-0.39, 0.29) is 5.92 Å². The molecule has 1 aliphatic rings. The summed E-state index contributed by atoms with van der Waals surface area (Å²) in [5, 5.41) is 27.4. The Balaban J connectivity index is 2.52. The molecule has 0 spiro atoms. The average Bonchev–Trinajstić information content (AvgIpc) is 1.93. The van der Waals surface area contributed by atoms with E-state index in [9.17, 15) is 5.11 Å². The lowest BCUT2D eigenvalue weighted by molar-refractivity contribution is -0.106. The molecule has 0 unspecified atom stereocenters. The fraction of sp³-hybridized carbons (Fsp3) is 1.00. The van der Waals surface area contributed by atoms with Crippen LogP contribution in [-0.4, -0.2) is 33.6 Å². The maximum Gasteiger partial charge on any atom is 0.106 e. The van der Waals surface area contributed by atoms with E-state index >= 15 is 0 Å². The number of rotatable bonds is 0. The molecule has 1 rings (SSSR count). The number of aliphatic hydroxyl groups excluding tert-OH is 3. The van der Waals surface area contributed by atoms with Gasteiger partial charge in [0.15, 0.2) is 0 Å². The molecule has 1 aliphatic carbocycles. The largest absolute Gasteiger partial charge is 0.390 e. The first kappa shape index (κ1) is 7.98. The highest BCUT2D eigenvalue weighted by Gasteiger charge is 2.33. The van der Waals surface area contributed by atoms with Crippen LogP contribution in [0.4, 0.5) is 0 Å². The standard InChI is InChI=1S/C7H14O3/c1-4-2-3-5(8)7(10)6(4)9/h4-10H,2-3H2,1H3/t4-,5-,6-,7+/m1/s1. The molecule has 4 atom stereocenters. The monoisotopic (exact) mass is 146 g/mol. The molecule has 0 radical (unpaired) electrons. The van der Waals surface area contributed by atoms with Crippen molar-refractivity contribution in [2.24, 2.45) is 5.92 Å². The van der Waals surface area contributed by atoms with Gasteiger partial charge in [-0.15, -0.1) is 0 Å². The van der Waals surface area contributed by atoms with Gasteiger partial charge < -0.3 is 15.3 Å². The van der Waals surface area contributed by atoms with Crippen LogP contribution in [0, 0.1) is 5.92 Å². The van der Waals surface area contributed by atoms with Crippen LogP contribution in [0.3, 0.4) is 0 Å². The van der Waals surface area contributed by atoms with Crippen molar-refractivity contribution in [3.05, 3.63) is 0 Å². The summed E-state index contributed by atoms with van der Waals surface area (Å²) < 4.78 is 0. The third-order valence-electron chi connectivity index (χ3n) is 2.24. The molecule has 0 aliphatic heterocycles. The van der Waals surface area contributed by atoms with Gasteiger partial charge in [-0.1, -0.05) is 6.92 Å². The van der Waals surface area contributed by atoms with Crippen LogP contribution in [0.1, 0.15) is 19.8 Å². The highest BCUT2D eigenvalue weighted by Crippen LogP contribution is 2.24. The van der Waals surface area contributed by atoms with Gasteiger partial charge in [0.25, 0.3) is 0 Å². The Morgan fingerprint density at radius 2 is 1.60 bits per heavy atom. The third-order valence-corrected chi connectivity index (χ3v) is 2.24. The molecule has 0 bridgehead atoms. The minimum Gasteiger partial charge on any atom is -0.390 e. The van der Waals surface area contributed by atoms with Crippen molar-refractivity contribution >= 4 is 0 Å². The molecule has 0 heterocycles. The van der Waals surface area contributed by atoms with Crippen molar-refractivity contribution < 1.29 is 15.3 Å². The summed E-state index contributed by atoms with van der Waals surface area (Å²) in [7, 11) is 0. The van der Waals surface area contributed by atoms with Gasteiger partial charge in [-0.25, -0.2) is 0 Å². The molecule has 3 heteroatoms. The van der Waals surface area contributed by atoms with E-state index < -0.39 is 18.3 Å². The molecule has 0 aromatic carbocycles. The van der Waals surface area contributed by atoms with Gasteiger partial charge in [-0.3, -0.25) is 0 Å². The summed E-state index contributed by atoms with van der Waals surface area (Å²) in [5.74, 6) is 0.110. The number of aliphatic hydroxyl groups is 3. The summed E-state index contributed by atoms with van der Waals surface area (Å²) in [6.45, 7) is 1.87. The van der Waals surface area contributed by atoms with Crippen molar-refractivity contribution in [2.75, 3.05) is 0 Å². The summed E-state index contributed by atoms with van der Waals surface area (Å²) >= 11 is 0. The quantitative estimate of drug-likeness (QED) is 0.431. The first-order valence-corrected chi connectivity index (χ1v) is 3.67. The summed E-state index contributed by atoms with van der Waals surface area (Å²) in [4.78, 5) is 0. The van der Waals surface area contributed by atoms with Crippen molar-refractivity contribution in [2.45, 2.75) is 38.1 Å². The molecular formula is C7H14O3. The molecular weight excluding hydrogens is 132 g/mol. The predicted octanol–water partition coefficient (Wildman–Crippen LogP) is -0.501. The van der Waals surface area contributed by atoms with Crippen LogP contribution in [0.15, 0.2) is 0 Å². The molecule has 3 N–H and O–H groups in total. The molecule has 60 valence electrons. The maximum absolute atomic E-state index is 9.21. The molecule has 0 aromatic heterocycles. The van der Waals surface area contributed by atoms with Crippen molar-refractivity contribution in [3.8, 4) is 0 Å². The van der Waals surface area contributed by atoms with E-state index in [1.54, 1.807) is 0 Å². The molecule has 1 saturated carbocycles. The van der Waals surface area contributed by atoms with Gasteiger partial charge in [-0.05, 0) is 18.8 Å². The van der Waals surface area contributed by atoms with Crippen molar-refractivity contribution in [1.29, 1.82) is 0 Å². The minimum atomic E-state index is -0.941. The van der Waals surface area contributed by atoms with Crippen LogP contribution in [0.2, 0.25) is 0 Å². The Morgan fingerprint density at radius 3 is 2.10 bits per heavy atom. The Labute approximate surface area is 60.3 Å². The first-order valence-electron chi connectivity index (χ1n) is 3.67. The zero-order valence-electron chi connectivity index (χ0n) is 6.07. The van der Waals surface area contributed by atoms with Gasteiger partial charge in [-0.2, -0.15) is 0 Å². The van der Waals surface area contributed by atoms with E-state index in [1.807, 2.05) is 6.92 Å². The van der Waals surface area contributed by atoms with E-state index in [1.165, 1.54) is 0 Å². The fourth-order valence-electron chi connectivity index (χ4n) is 1.34. The molecule has 10 heavy (non-hydrogen) atoms. The summed E-state index contributed by atoms with van der Waals surface area (Å²) in [5.41, 5.74) is 0. The summed E-state index contributed by atoms with van der Waals surface area (Å²) in [6, 6.07) is 0. The van der Waals surface area contributed by atoms with E-state index in [2.05, 4.69) is 0 Å². The van der Waals surface area contributed by atoms with E-state index in [0.29, 0.717) is 6.42 Å². The number of hydrogen-bond acceptors (Lipinski definition) is 3. The third kappa shape index (κ3) is 1.31. The molecule has 0 amide bonds. The van der Waals surface area contributed by atoms with Gasteiger partial charge in [0.2, 0.25) is 0 Å². The summed E-state index contributed by atoms with van der Waals surface area (Å²) in [6.07, 6.45) is -1.03. The zero-order valence-corrected chi connectivity index (χ0v) is 6.07. The molecule has 3 nitrogen and oxygen atoms in total. The Bertz CT molecular complexity index is 101. The van der Waals surface area contributed by atoms with Crippen molar-refractivity contribution in [1.82, 2.24) is 0 Å². The molecule has 0 aromatic rings. The Morgan fingerprint density at radius 1 is 1.00 bits per heavy atom. The normalized spacial score (nSPS) is 49.2. The fourth-order valence-corrected chi connectivity index (χ4v) is 1.34. The Hall–Kier alpha value is -0.120. The predicted molar refractivity (Wildman–Crippen MR) is 36.4 cm³/mol. The van der Waals surface area contributed by atoms with Gasteiger partial charge in [0, 0.05) is 0 Å². The lowest BCUT2D eigenvalue weighted by Gasteiger charge is -2.32. The maximum atomic E-state index is 9.21. The lowest BCUT2D eigenvalue weighted by atomic mass is 9.84. The van der Waals surface area contributed by atoms with Gasteiger partial charge in [0.1, 0.15) is 6.10 Å². The zero-order chi connectivity index (χ0) is 7.72. The average molecular weight is 146 g/mol. The van der Waals surface area contributed by atoms with E-state index in [0.717, 1.165) is 6.42 Å². The molecule has 0 saturated heterocycles. The second-order valence-corrected chi connectivity index (χ2v) is 3.10. The second-order valence-electron chi connectivity index (χ2n) is 3.10. The van der Waals surface area contributed by atoms with Crippen LogP contribution in [0.5, 0.6) is 0 Å². The van der Waals surface area contributed by atoms with Crippen LogP contribution >= 0.6 is 0 Å². The van der Waals surface area contributed by atoms with Crippen molar-refractivity contribution in [3.63, 3.8) is 0 Å². The molecule has 1 fully saturated rings. The Kier molecular flexibility index (Phi) is 2.28. The SMILES string of the molecule is C[C@@H]1CC[C@@H](O)[C@H](O)[C@@H]1O. The first-order chi connectivity index (χ1) is 4.63. The van der Waals surface area contributed by atoms with Crippen LogP contribution < -0.4 is 0 Å². The topological polar surface area (TPSA) is 60.7 Å². The number of hydrogen-bond donors (Lipinski definition) is 3. The van der Waals surface area contributed by atoms with Gasteiger partial charge >= 0.3 is 0 Å². The van der Waals surface area contributed by atoms with Gasteiger partial charge in [0.05, 0.1) is 12.2 Å². The van der Waals surface area contributed by atoms with Crippen LogP contribution in [0.25, 0.3) is 0 Å². The lowest BCUT2D eigenvalue weighted by Crippen LogP contribution is -2.45. The highest BCUT2D eigenvalue weighted by atomic mass is 16.4.